The summed E-state index contributed by atoms with van der Waals surface area (Å²) in [5, 5.41) is 0. The van der Waals surface area contributed by atoms with Crippen molar-refractivity contribution < 1.29 is 14.3 Å². The van der Waals surface area contributed by atoms with Crippen molar-refractivity contribution in [2.75, 3.05) is 19.7 Å². The van der Waals surface area contributed by atoms with Gasteiger partial charge in [0.1, 0.15) is 4.64 Å². The van der Waals surface area contributed by atoms with E-state index >= 15 is 0 Å². The zero-order chi connectivity index (χ0) is 14.5. The number of nitrogens with one attached hydrogen (secondary N) is 1. The standard InChI is InChI=1S/C14H18N2O3S/c1-2-19-14(18)10-5-8-16(9-6-10)13(17)11-4-3-7-15-12(11)20/h3-4,7,10H,2,5-6,8-9H2,1H3,(H,15,20). The van der Waals surface area contributed by atoms with E-state index in [0.717, 1.165) is 0 Å². The van der Waals surface area contributed by atoms with Gasteiger partial charge in [0.15, 0.2) is 0 Å². The average Bonchev–Trinajstić information content (AvgIpc) is 2.47. The molecule has 2 rings (SSSR count). The number of aromatic nitrogens is 1. The highest BCUT2D eigenvalue weighted by atomic mass is 32.1. The smallest absolute Gasteiger partial charge is 0.309 e. The van der Waals surface area contributed by atoms with E-state index in [-0.39, 0.29) is 17.8 Å². The Morgan fingerprint density at radius 3 is 2.75 bits per heavy atom. The number of esters is 1. The topological polar surface area (TPSA) is 62.4 Å². The molecule has 0 atom stereocenters. The minimum absolute atomic E-state index is 0.0749. The van der Waals surface area contributed by atoms with Crippen LogP contribution in [0.2, 0.25) is 0 Å². The number of carbonyl (C=O) groups excluding carboxylic acids is 2. The van der Waals surface area contributed by atoms with Crippen molar-refractivity contribution >= 4 is 24.1 Å². The lowest BCUT2D eigenvalue weighted by molar-refractivity contribution is -0.149. The summed E-state index contributed by atoms with van der Waals surface area (Å²) in [6.07, 6.45) is 2.99. The molecule has 1 aliphatic rings. The Hall–Kier alpha value is -1.69. The van der Waals surface area contributed by atoms with E-state index < -0.39 is 0 Å². The summed E-state index contributed by atoms with van der Waals surface area (Å²) in [5.74, 6) is -0.324. The number of hydrogen-bond acceptors (Lipinski definition) is 4. The Balaban J connectivity index is 1.97. The fraction of sp³-hybridized carbons (Fsp3) is 0.500. The zero-order valence-electron chi connectivity index (χ0n) is 11.4. The van der Waals surface area contributed by atoms with Crippen molar-refractivity contribution in [2.45, 2.75) is 19.8 Å². The number of likely N-dealkylation sites (tertiary alicyclic amines) is 1. The number of amides is 1. The molecule has 1 fully saturated rings. The molecule has 1 N–H and O–H groups in total. The fourth-order valence-electron chi connectivity index (χ4n) is 2.34. The van der Waals surface area contributed by atoms with Gasteiger partial charge in [-0.3, -0.25) is 9.59 Å². The van der Waals surface area contributed by atoms with Crippen LogP contribution < -0.4 is 0 Å². The largest absolute Gasteiger partial charge is 0.466 e. The van der Waals surface area contributed by atoms with Crippen LogP contribution in [0.1, 0.15) is 30.1 Å². The summed E-state index contributed by atoms with van der Waals surface area (Å²) in [5.41, 5.74) is 0.511. The zero-order valence-corrected chi connectivity index (χ0v) is 12.2. The van der Waals surface area contributed by atoms with E-state index in [0.29, 0.717) is 42.7 Å². The number of piperidine rings is 1. The molecule has 0 spiro atoms. The number of ether oxygens (including phenoxy) is 1. The molecule has 1 amide bonds. The molecule has 0 saturated carbocycles. The van der Waals surface area contributed by atoms with Gasteiger partial charge in [-0.25, -0.2) is 0 Å². The van der Waals surface area contributed by atoms with Gasteiger partial charge in [-0.1, -0.05) is 12.2 Å². The second-order valence-electron chi connectivity index (χ2n) is 4.73. The van der Waals surface area contributed by atoms with Crippen LogP contribution in [-0.2, 0) is 9.53 Å². The Kier molecular flexibility index (Phi) is 4.89. The summed E-state index contributed by atoms with van der Waals surface area (Å²) in [6, 6.07) is 3.48. The maximum Gasteiger partial charge on any atom is 0.309 e. The van der Waals surface area contributed by atoms with Crippen molar-refractivity contribution in [3.63, 3.8) is 0 Å². The first-order valence-electron chi connectivity index (χ1n) is 6.77. The van der Waals surface area contributed by atoms with Crippen LogP contribution in [0.5, 0.6) is 0 Å². The van der Waals surface area contributed by atoms with Gasteiger partial charge >= 0.3 is 5.97 Å². The molecule has 2 heterocycles. The number of rotatable bonds is 3. The quantitative estimate of drug-likeness (QED) is 0.685. The van der Waals surface area contributed by atoms with Gasteiger partial charge < -0.3 is 14.6 Å². The van der Waals surface area contributed by atoms with Crippen LogP contribution in [-0.4, -0.2) is 41.5 Å². The van der Waals surface area contributed by atoms with E-state index in [1.165, 1.54) is 0 Å². The van der Waals surface area contributed by atoms with Crippen LogP contribution in [0, 0.1) is 10.6 Å². The van der Waals surface area contributed by atoms with E-state index in [1.807, 2.05) is 0 Å². The monoisotopic (exact) mass is 294 g/mol. The van der Waals surface area contributed by atoms with Gasteiger partial charge in [0.25, 0.3) is 5.91 Å². The lowest BCUT2D eigenvalue weighted by Crippen LogP contribution is -2.40. The molecule has 1 aromatic rings. The van der Waals surface area contributed by atoms with E-state index in [1.54, 1.807) is 30.2 Å². The number of carbonyl (C=O) groups is 2. The number of hydrogen-bond donors (Lipinski definition) is 1. The van der Waals surface area contributed by atoms with Crippen molar-refractivity contribution in [3.05, 3.63) is 28.5 Å². The molecule has 0 aromatic carbocycles. The molecule has 0 bridgehead atoms. The van der Waals surface area contributed by atoms with Crippen molar-refractivity contribution in [1.29, 1.82) is 0 Å². The third-order valence-corrected chi connectivity index (χ3v) is 3.79. The van der Waals surface area contributed by atoms with Crippen LogP contribution in [0.25, 0.3) is 0 Å². The van der Waals surface area contributed by atoms with Gasteiger partial charge in [0.2, 0.25) is 0 Å². The molecule has 5 nitrogen and oxygen atoms in total. The van der Waals surface area contributed by atoms with Crippen LogP contribution in [0.15, 0.2) is 18.3 Å². The number of pyridine rings is 1. The number of aromatic amines is 1. The molecular formula is C14H18N2O3S. The van der Waals surface area contributed by atoms with Crippen molar-refractivity contribution in [3.8, 4) is 0 Å². The minimum Gasteiger partial charge on any atom is -0.466 e. The molecule has 0 unspecified atom stereocenters. The first-order valence-corrected chi connectivity index (χ1v) is 7.18. The molecular weight excluding hydrogens is 276 g/mol. The first-order chi connectivity index (χ1) is 9.63. The molecule has 1 saturated heterocycles. The Labute approximate surface area is 122 Å². The van der Waals surface area contributed by atoms with Crippen molar-refractivity contribution in [1.82, 2.24) is 9.88 Å². The maximum atomic E-state index is 12.3. The van der Waals surface area contributed by atoms with Gasteiger partial charge in [0.05, 0.1) is 18.1 Å². The van der Waals surface area contributed by atoms with Gasteiger partial charge in [0, 0.05) is 19.3 Å². The lowest BCUT2D eigenvalue weighted by atomic mass is 9.96. The average molecular weight is 294 g/mol. The molecule has 6 heteroatoms. The summed E-state index contributed by atoms with van der Waals surface area (Å²) in [7, 11) is 0. The van der Waals surface area contributed by atoms with Crippen LogP contribution in [0.4, 0.5) is 0 Å². The molecule has 108 valence electrons. The first kappa shape index (κ1) is 14.7. The highest BCUT2D eigenvalue weighted by Crippen LogP contribution is 2.20. The third kappa shape index (κ3) is 3.25. The maximum absolute atomic E-state index is 12.3. The summed E-state index contributed by atoms with van der Waals surface area (Å²) < 4.78 is 5.47. The fourth-order valence-corrected chi connectivity index (χ4v) is 2.56. The highest BCUT2D eigenvalue weighted by molar-refractivity contribution is 7.71. The predicted octanol–water partition coefficient (Wildman–Crippen LogP) is 2.16. The number of H-pyrrole nitrogens is 1. The van der Waals surface area contributed by atoms with Crippen LogP contribution in [0.3, 0.4) is 0 Å². The summed E-state index contributed by atoms with van der Waals surface area (Å²) in [4.78, 5) is 28.6. The van der Waals surface area contributed by atoms with Gasteiger partial charge in [-0.05, 0) is 31.9 Å². The number of nitrogens with zero attached hydrogens (tertiary/aromatic N) is 1. The van der Waals surface area contributed by atoms with E-state index in [4.69, 9.17) is 17.0 Å². The van der Waals surface area contributed by atoms with Crippen molar-refractivity contribution in [2.24, 2.45) is 5.92 Å². The van der Waals surface area contributed by atoms with E-state index in [9.17, 15) is 9.59 Å². The molecule has 0 radical (unpaired) electrons. The highest BCUT2D eigenvalue weighted by Gasteiger charge is 2.28. The van der Waals surface area contributed by atoms with Crippen LogP contribution >= 0.6 is 12.2 Å². The summed E-state index contributed by atoms with van der Waals surface area (Å²) >= 11 is 5.12. The molecule has 20 heavy (non-hydrogen) atoms. The normalized spacial score (nSPS) is 15.9. The Morgan fingerprint density at radius 1 is 1.45 bits per heavy atom. The second-order valence-corrected chi connectivity index (χ2v) is 5.14. The van der Waals surface area contributed by atoms with E-state index in [2.05, 4.69) is 4.98 Å². The summed E-state index contributed by atoms with van der Waals surface area (Å²) in [6.45, 7) is 3.32. The minimum atomic E-state index is -0.156. The third-order valence-electron chi connectivity index (χ3n) is 3.45. The predicted molar refractivity (Wildman–Crippen MR) is 76.9 cm³/mol. The Bertz CT molecular complexity index is 547. The molecule has 1 aliphatic heterocycles. The van der Waals surface area contributed by atoms with Gasteiger partial charge in [-0.2, -0.15) is 0 Å². The van der Waals surface area contributed by atoms with Gasteiger partial charge in [-0.15, -0.1) is 0 Å². The Morgan fingerprint density at radius 2 is 2.15 bits per heavy atom. The SMILES string of the molecule is CCOC(=O)C1CCN(C(=O)c2ccc[nH]c2=S)CC1. The molecule has 0 aliphatic carbocycles. The second kappa shape index (κ2) is 6.65. The molecule has 1 aromatic heterocycles. The lowest BCUT2D eigenvalue weighted by Gasteiger charge is -2.30.